The lowest BCUT2D eigenvalue weighted by Crippen LogP contribution is -2.05. The summed E-state index contributed by atoms with van der Waals surface area (Å²) < 4.78 is 21.4. The van der Waals surface area contributed by atoms with Gasteiger partial charge in [0.25, 0.3) is 0 Å². The first-order valence-electron chi connectivity index (χ1n) is 10.9. The highest BCUT2D eigenvalue weighted by Crippen LogP contribution is 2.27. The summed E-state index contributed by atoms with van der Waals surface area (Å²) in [5.41, 5.74) is 2.83. The number of methoxy groups -OCH3 is 3. The molecule has 35 heavy (non-hydrogen) atoms. The number of pyridine rings is 1. The van der Waals surface area contributed by atoms with E-state index in [0.29, 0.717) is 34.0 Å². The summed E-state index contributed by atoms with van der Waals surface area (Å²) in [5, 5.41) is 1.55. The highest BCUT2D eigenvalue weighted by atomic mass is 16.5. The average molecular weight is 472 g/mol. The lowest BCUT2D eigenvalue weighted by molar-refractivity contribution is 0.414. The molecule has 0 atom stereocenters. The van der Waals surface area contributed by atoms with Gasteiger partial charge < -0.3 is 23.6 Å². The highest BCUT2D eigenvalue weighted by molar-refractivity contribution is 5.87. The van der Waals surface area contributed by atoms with E-state index < -0.39 is 0 Å². The fourth-order valence-electron chi connectivity index (χ4n) is 3.77. The first-order valence-corrected chi connectivity index (χ1v) is 10.9. The third-order valence-electron chi connectivity index (χ3n) is 5.56. The fourth-order valence-corrected chi connectivity index (χ4v) is 3.77. The standard InChI is InChI=1S/C17H14O4.C11H11NO2/c1-19-12-5-3-4-11(8-12)16-10-15(18)14-7-6-13(20-2)9-17(14)21-16;1-7-6-10(13)12-11-8(7)4-3-5-9(11)14-2/h3-10H,1-2H3;3-6H,1-2H3,(H,12,13). The first-order chi connectivity index (χ1) is 16.9. The Morgan fingerprint density at radius 1 is 0.743 bits per heavy atom. The van der Waals surface area contributed by atoms with Crippen LogP contribution in [0.2, 0.25) is 0 Å². The molecule has 0 fully saturated rings. The van der Waals surface area contributed by atoms with E-state index >= 15 is 0 Å². The number of hydrogen-bond donors (Lipinski definition) is 1. The number of aromatic amines is 1. The van der Waals surface area contributed by atoms with Gasteiger partial charge >= 0.3 is 0 Å². The molecule has 0 unspecified atom stereocenters. The predicted octanol–water partition coefficient (Wildman–Crippen LogP) is 5.32. The Labute approximate surface area is 201 Å². The van der Waals surface area contributed by atoms with Crippen molar-refractivity contribution in [2.24, 2.45) is 0 Å². The molecule has 0 aliphatic carbocycles. The van der Waals surface area contributed by atoms with Crippen molar-refractivity contribution in [1.29, 1.82) is 0 Å². The van der Waals surface area contributed by atoms with Gasteiger partial charge in [-0.05, 0) is 42.8 Å². The van der Waals surface area contributed by atoms with Crippen LogP contribution in [0.3, 0.4) is 0 Å². The van der Waals surface area contributed by atoms with E-state index in [0.717, 1.165) is 22.0 Å². The minimum atomic E-state index is -0.0977. The molecule has 0 saturated heterocycles. The van der Waals surface area contributed by atoms with Crippen LogP contribution in [-0.4, -0.2) is 26.3 Å². The SMILES string of the molecule is COc1cccc(-c2cc(=O)c3ccc(OC)cc3o2)c1.COc1cccc2c(C)cc(=O)[nH]c12. The zero-order chi connectivity index (χ0) is 24.9. The number of rotatable bonds is 4. The molecule has 2 heterocycles. The smallest absolute Gasteiger partial charge is 0.248 e. The Hall–Kier alpha value is -4.52. The van der Waals surface area contributed by atoms with E-state index in [9.17, 15) is 9.59 Å². The minimum Gasteiger partial charge on any atom is -0.497 e. The van der Waals surface area contributed by atoms with Gasteiger partial charge in [0, 0.05) is 29.1 Å². The summed E-state index contributed by atoms with van der Waals surface area (Å²) in [4.78, 5) is 26.2. The molecule has 3 aromatic carbocycles. The molecule has 7 nitrogen and oxygen atoms in total. The quantitative estimate of drug-likeness (QED) is 0.381. The number of ether oxygens (including phenoxy) is 3. The van der Waals surface area contributed by atoms with Gasteiger partial charge in [0.05, 0.1) is 32.2 Å². The monoisotopic (exact) mass is 471 g/mol. The van der Waals surface area contributed by atoms with Gasteiger partial charge in [-0.1, -0.05) is 24.3 Å². The molecule has 0 radical (unpaired) electrons. The molecule has 0 saturated carbocycles. The number of aryl methyl sites for hydroxylation is 1. The molecule has 5 aromatic rings. The summed E-state index contributed by atoms with van der Waals surface area (Å²) >= 11 is 0. The summed E-state index contributed by atoms with van der Waals surface area (Å²) in [6, 6.07) is 21.3. The first kappa shape index (κ1) is 23.6. The number of H-pyrrole nitrogens is 1. The summed E-state index contributed by atoms with van der Waals surface area (Å²) in [6.45, 7) is 1.91. The van der Waals surface area contributed by atoms with Gasteiger partial charge in [0.15, 0.2) is 5.43 Å². The summed E-state index contributed by atoms with van der Waals surface area (Å²) in [7, 11) is 4.77. The van der Waals surface area contributed by atoms with Crippen LogP contribution in [0.4, 0.5) is 0 Å². The number of para-hydroxylation sites is 1. The van der Waals surface area contributed by atoms with Crippen LogP contribution in [0.15, 0.2) is 86.8 Å². The molecule has 2 aromatic heterocycles. The average Bonchev–Trinajstić information content (AvgIpc) is 2.88. The second kappa shape index (κ2) is 10.2. The van der Waals surface area contributed by atoms with Crippen LogP contribution in [0.1, 0.15) is 5.56 Å². The van der Waals surface area contributed by atoms with Crippen molar-refractivity contribution in [2.45, 2.75) is 6.92 Å². The van der Waals surface area contributed by atoms with Gasteiger partial charge in [0.1, 0.15) is 28.6 Å². The molecule has 0 bridgehead atoms. The predicted molar refractivity (Wildman–Crippen MR) is 137 cm³/mol. The van der Waals surface area contributed by atoms with Gasteiger partial charge in [-0.15, -0.1) is 0 Å². The highest BCUT2D eigenvalue weighted by Gasteiger charge is 2.09. The van der Waals surface area contributed by atoms with Crippen molar-refractivity contribution in [3.05, 3.63) is 98.9 Å². The lowest BCUT2D eigenvalue weighted by Gasteiger charge is -2.06. The van der Waals surface area contributed by atoms with Crippen LogP contribution in [0.25, 0.3) is 33.2 Å². The number of hydrogen-bond acceptors (Lipinski definition) is 6. The van der Waals surface area contributed by atoms with Gasteiger partial charge in [-0.2, -0.15) is 0 Å². The Morgan fingerprint density at radius 2 is 1.49 bits per heavy atom. The summed E-state index contributed by atoms with van der Waals surface area (Å²) in [6.07, 6.45) is 0. The third kappa shape index (κ3) is 5.04. The molecule has 0 aliphatic heterocycles. The van der Waals surface area contributed by atoms with E-state index in [1.54, 1.807) is 45.6 Å². The number of fused-ring (bicyclic) bond motifs is 2. The molecule has 0 spiro atoms. The second-order valence-corrected chi connectivity index (χ2v) is 7.77. The maximum absolute atomic E-state index is 12.2. The fraction of sp³-hybridized carbons (Fsp3) is 0.143. The number of benzene rings is 3. The molecule has 7 heteroatoms. The summed E-state index contributed by atoms with van der Waals surface area (Å²) in [5.74, 6) is 2.55. The van der Waals surface area contributed by atoms with E-state index in [-0.39, 0.29) is 11.0 Å². The van der Waals surface area contributed by atoms with Gasteiger partial charge in [-0.25, -0.2) is 0 Å². The van der Waals surface area contributed by atoms with E-state index in [1.807, 2.05) is 49.4 Å². The largest absolute Gasteiger partial charge is 0.497 e. The van der Waals surface area contributed by atoms with Crippen molar-refractivity contribution in [3.8, 4) is 28.6 Å². The van der Waals surface area contributed by atoms with Crippen molar-refractivity contribution >= 4 is 21.9 Å². The Bertz CT molecular complexity index is 1620. The van der Waals surface area contributed by atoms with Crippen molar-refractivity contribution < 1.29 is 18.6 Å². The molecular weight excluding hydrogens is 446 g/mol. The van der Waals surface area contributed by atoms with Crippen molar-refractivity contribution in [3.63, 3.8) is 0 Å². The van der Waals surface area contributed by atoms with Crippen LogP contribution < -0.4 is 25.2 Å². The van der Waals surface area contributed by atoms with Gasteiger partial charge in [0.2, 0.25) is 5.56 Å². The number of aromatic nitrogens is 1. The van der Waals surface area contributed by atoms with E-state index in [2.05, 4.69) is 4.98 Å². The lowest BCUT2D eigenvalue weighted by atomic mass is 10.1. The maximum atomic E-state index is 12.2. The topological polar surface area (TPSA) is 90.8 Å². The molecule has 1 N–H and O–H groups in total. The van der Waals surface area contributed by atoms with E-state index in [1.165, 1.54) is 6.07 Å². The minimum absolute atomic E-state index is 0.0864. The Balaban J connectivity index is 0.000000179. The zero-order valence-electron chi connectivity index (χ0n) is 19.9. The Morgan fingerprint density at radius 3 is 2.23 bits per heavy atom. The van der Waals surface area contributed by atoms with Crippen molar-refractivity contribution in [2.75, 3.05) is 21.3 Å². The third-order valence-corrected chi connectivity index (χ3v) is 5.56. The Kier molecular flexibility index (Phi) is 6.87. The molecule has 0 aliphatic rings. The van der Waals surface area contributed by atoms with Crippen molar-refractivity contribution in [1.82, 2.24) is 4.98 Å². The molecule has 5 rings (SSSR count). The van der Waals surface area contributed by atoms with Crippen LogP contribution in [-0.2, 0) is 0 Å². The number of nitrogens with one attached hydrogen (secondary N) is 1. The van der Waals surface area contributed by atoms with Crippen LogP contribution in [0.5, 0.6) is 17.2 Å². The molecule has 0 amide bonds. The van der Waals surface area contributed by atoms with Crippen LogP contribution in [0, 0.1) is 6.92 Å². The maximum Gasteiger partial charge on any atom is 0.248 e. The molecule has 178 valence electrons. The van der Waals surface area contributed by atoms with E-state index in [4.69, 9.17) is 18.6 Å². The normalized spacial score (nSPS) is 10.5. The zero-order valence-corrected chi connectivity index (χ0v) is 19.9. The van der Waals surface area contributed by atoms with Crippen LogP contribution >= 0.6 is 0 Å². The van der Waals surface area contributed by atoms with Gasteiger partial charge in [-0.3, -0.25) is 9.59 Å². The second-order valence-electron chi connectivity index (χ2n) is 7.77. The molecular formula is C28H25NO6.